The molecule has 0 saturated heterocycles. The minimum atomic E-state index is -0.991. The molecular formula is C20H33N3O2. The number of nitrogens with one attached hydrogen (secondary N) is 1. The van der Waals surface area contributed by atoms with Crippen LogP contribution in [0.25, 0.3) is 0 Å². The van der Waals surface area contributed by atoms with Gasteiger partial charge < -0.3 is 21.1 Å². The van der Waals surface area contributed by atoms with Crippen LogP contribution in [0, 0.1) is 5.92 Å². The fourth-order valence-corrected chi connectivity index (χ4v) is 3.03. The highest BCUT2D eigenvalue weighted by atomic mass is 16.3. The quantitative estimate of drug-likeness (QED) is 0.739. The Morgan fingerprint density at radius 3 is 2.72 bits per heavy atom. The van der Waals surface area contributed by atoms with E-state index >= 15 is 0 Å². The molecule has 5 heteroatoms. The van der Waals surface area contributed by atoms with Crippen LogP contribution in [-0.4, -0.2) is 30.2 Å². The van der Waals surface area contributed by atoms with Gasteiger partial charge in [-0.2, -0.15) is 0 Å². The Balaban J connectivity index is 0.00000151. The van der Waals surface area contributed by atoms with E-state index in [1.807, 2.05) is 32.0 Å². The largest absolute Gasteiger partial charge is 0.403 e. The number of carbonyl (C=O) groups excluding carboxylic acids is 1. The molecule has 0 aliphatic carbocycles. The van der Waals surface area contributed by atoms with Crippen LogP contribution in [0.3, 0.4) is 0 Å². The van der Waals surface area contributed by atoms with Crippen molar-refractivity contribution in [1.82, 2.24) is 5.32 Å². The van der Waals surface area contributed by atoms with Gasteiger partial charge in [-0.25, -0.2) is 0 Å². The van der Waals surface area contributed by atoms with Crippen LogP contribution in [0.1, 0.15) is 46.1 Å². The maximum Gasteiger partial charge on any atom is 0.255 e. The zero-order valence-corrected chi connectivity index (χ0v) is 16.0. The molecule has 1 aromatic rings. The summed E-state index contributed by atoms with van der Waals surface area (Å²) in [5.74, 6) is 0.0460. The first kappa shape index (κ1) is 21.0. The van der Waals surface area contributed by atoms with Crippen molar-refractivity contribution in [3.63, 3.8) is 0 Å². The lowest BCUT2D eigenvalue weighted by Crippen LogP contribution is -2.46. The Morgan fingerprint density at radius 2 is 2.12 bits per heavy atom. The molecule has 140 valence electrons. The Labute approximate surface area is 151 Å². The summed E-state index contributed by atoms with van der Waals surface area (Å²) < 4.78 is 0. The van der Waals surface area contributed by atoms with Gasteiger partial charge in [0.25, 0.3) is 5.91 Å². The van der Waals surface area contributed by atoms with Gasteiger partial charge in [0.15, 0.2) is 0 Å². The fourth-order valence-electron chi connectivity index (χ4n) is 3.03. The van der Waals surface area contributed by atoms with Crippen molar-refractivity contribution in [3.8, 4) is 0 Å². The molecule has 1 aliphatic rings. The van der Waals surface area contributed by atoms with E-state index in [-0.39, 0.29) is 5.91 Å². The lowest BCUT2D eigenvalue weighted by Gasteiger charge is -2.35. The zero-order chi connectivity index (χ0) is 18.8. The molecule has 5 nitrogen and oxygen atoms in total. The van der Waals surface area contributed by atoms with Crippen LogP contribution >= 0.6 is 0 Å². The van der Waals surface area contributed by atoms with Crippen LogP contribution in [-0.2, 0) is 11.2 Å². The summed E-state index contributed by atoms with van der Waals surface area (Å²) in [7, 11) is 0. The van der Waals surface area contributed by atoms with Crippen LogP contribution in [0.5, 0.6) is 0 Å². The smallest absolute Gasteiger partial charge is 0.255 e. The third-order valence-electron chi connectivity index (χ3n) is 4.19. The highest BCUT2D eigenvalue weighted by Gasteiger charge is 2.29. The number of carbonyl (C=O) groups is 1. The second-order valence-electron chi connectivity index (χ2n) is 6.15. The van der Waals surface area contributed by atoms with Gasteiger partial charge in [0.05, 0.1) is 0 Å². The van der Waals surface area contributed by atoms with Crippen molar-refractivity contribution < 1.29 is 9.90 Å². The van der Waals surface area contributed by atoms with E-state index in [4.69, 9.17) is 5.73 Å². The van der Waals surface area contributed by atoms with Crippen molar-refractivity contribution in [2.45, 2.75) is 53.1 Å². The number of nitrogens with zero attached hydrogens (tertiary/aromatic N) is 1. The number of nitrogens with two attached hydrogens (primary N) is 1. The average molecular weight is 348 g/mol. The number of benzene rings is 1. The zero-order valence-electron chi connectivity index (χ0n) is 16.0. The van der Waals surface area contributed by atoms with Crippen molar-refractivity contribution in [2.24, 2.45) is 11.7 Å². The average Bonchev–Trinajstić information content (AvgIpc) is 2.65. The molecule has 4 N–H and O–H groups in total. The maximum absolute atomic E-state index is 12.3. The molecule has 0 saturated carbocycles. The number of para-hydroxylation sites is 1. The molecule has 0 aromatic heterocycles. The van der Waals surface area contributed by atoms with E-state index in [2.05, 4.69) is 18.3 Å². The van der Waals surface area contributed by atoms with E-state index < -0.39 is 6.10 Å². The van der Waals surface area contributed by atoms with Crippen molar-refractivity contribution >= 4 is 11.6 Å². The minimum absolute atomic E-state index is 0.245. The number of hydrogen-bond donors (Lipinski definition) is 3. The summed E-state index contributed by atoms with van der Waals surface area (Å²) >= 11 is 0. The molecule has 1 aromatic carbocycles. The monoisotopic (exact) mass is 347 g/mol. The van der Waals surface area contributed by atoms with Crippen molar-refractivity contribution in [2.75, 3.05) is 18.0 Å². The first-order chi connectivity index (χ1) is 12.1. The second-order valence-corrected chi connectivity index (χ2v) is 6.15. The molecule has 2 rings (SSSR count). The third kappa shape index (κ3) is 5.78. The summed E-state index contributed by atoms with van der Waals surface area (Å²) in [6.45, 7) is 9.01. The van der Waals surface area contributed by atoms with E-state index in [1.165, 1.54) is 6.92 Å². The Hall–Kier alpha value is -2.01. The number of aliphatic hydroxyl groups excluding tert-OH is 1. The molecule has 2 unspecified atom stereocenters. The molecule has 0 radical (unpaired) electrons. The van der Waals surface area contributed by atoms with Gasteiger partial charge in [0.1, 0.15) is 6.10 Å². The standard InChI is InChI=1S/C18H27N3O2.C2H6/c1-3-6-16(10-19)20-11-14-9-15-7-4-5-8-17(15)21(12-14)18(23)13(2)22;1-2/h4-5,7-8,10,13-14,20,22H,3,6,9,11-12,19H2,1-2H3;1-2H3/b16-10-;. The first-order valence-corrected chi connectivity index (χ1v) is 9.28. The molecular weight excluding hydrogens is 314 g/mol. The second kappa shape index (κ2) is 10.8. The highest BCUT2D eigenvalue weighted by molar-refractivity contribution is 5.97. The summed E-state index contributed by atoms with van der Waals surface area (Å²) in [6, 6.07) is 7.91. The summed E-state index contributed by atoms with van der Waals surface area (Å²) in [5, 5.41) is 13.1. The lowest BCUT2D eigenvalue weighted by atomic mass is 9.92. The fraction of sp³-hybridized carbons (Fsp3) is 0.550. The Bertz CT molecular complexity index is 570. The van der Waals surface area contributed by atoms with E-state index in [0.29, 0.717) is 12.5 Å². The predicted molar refractivity (Wildman–Crippen MR) is 104 cm³/mol. The maximum atomic E-state index is 12.3. The van der Waals surface area contributed by atoms with Gasteiger partial charge in [-0.15, -0.1) is 0 Å². The van der Waals surface area contributed by atoms with Gasteiger partial charge >= 0.3 is 0 Å². The van der Waals surface area contributed by atoms with Crippen LogP contribution in [0.15, 0.2) is 36.2 Å². The molecule has 1 amide bonds. The number of amides is 1. The Kier molecular flexibility index (Phi) is 9.06. The summed E-state index contributed by atoms with van der Waals surface area (Å²) in [4.78, 5) is 14.0. The number of allylic oxidation sites excluding steroid dienone is 1. The van der Waals surface area contributed by atoms with Gasteiger partial charge in [-0.1, -0.05) is 45.4 Å². The van der Waals surface area contributed by atoms with E-state index in [9.17, 15) is 9.90 Å². The van der Waals surface area contributed by atoms with Gasteiger partial charge in [0, 0.05) is 30.7 Å². The number of aliphatic hydroxyl groups is 1. The minimum Gasteiger partial charge on any atom is -0.403 e. The van der Waals surface area contributed by atoms with E-state index in [0.717, 1.165) is 42.8 Å². The number of hydrogen-bond acceptors (Lipinski definition) is 4. The number of anilines is 1. The van der Waals surface area contributed by atoms with Gasteiger partial charge in [-0.3, -0.25) is 4.79 Å². The SMILES string of the molecule is CC.CCC/C(=C/N)NCC1Cc2ccccc2N(C(=O)C(C)O)C1. The predicted octanol–water partition coefficient (Wildman–Crippen LogP) is 2.79. The molecule has 0 spiro atoms. The summed E-state index contributed by atoms with van der Waals surface area (Å²) in [5.41, 5.74) is 8.75. The van der Waals surface area contributed by atoms with Crippen molar-refractivity contribution in [1.29, 1.82) is 0 Å². The van der Waals surface area contributed by atoms with Crippen LogP contribution < -0.4 is 16.0 Å². The van der Waals surface area contributed by atoms with Gasteiger partial charge in [0.2, 0.25) is 0 Å². The number of rotatable bonds is 6. The molecule has 25 heavy (non-hydrogen) atoms. The number of fused-ring (bicyclic) bond motifs is 1. The van der Waals surface area contributed by atoms with Gasteiger partial charge in [-0.05, 0) is 37.3 Å². The van der Waals surface area contributed by atoms with Crippen LogP contribution in [0.2, 0.25) is 0 Å². The summed E-state index contributed by atoms with van der Waals surface area (Å²) in [6.07, 6.45) is 3.51. The Morgan fingerprint density at radius 1 is 1.44 bits per heavy atom. The normalized spacial score (nSPS) is 17.9. The first-order valence-electron chi connectivity index (χ1n) is 9.28. The van der Waals surface area contributed by atoms with E-state index in [1.54, 1.807) is 11.1 Å². The molecule has 0 bridgehead atoms. The topological polar surface area (TPSA) is 78.6 Å². The lowest BCUT2D eigenvalue weighted by molar-refractivity contribution is -0.126. The molecule has 1 aliphatic heterocycles. The third-order valence-corrected chi connectivity index (χ3v) is 4.19. The molecule has 0 fully saturated rings. The molecule has 2 atom stereocenters. The molecule has 1 heterocycles. The van der Waals surface area contributed by atoms with Crippen molar-refractivity contribution in [3.05, 3.63) is 41.7 Å². The van der Waals surface area contributed by atoms with Crippen LogP contribution in [0.4, 0.5) is 5.69 Å². The highest BCUT2D eigenvalue weighted by Crippen LogP contribution is 2.30.